The summed E-state index contributed by atoms with van der Waals surface area (Å²) in [5.41, 5.74) is 8.97. The van der Waals surface area contributed by atoms with Crippen LogP contribution < -0.4 is 45.1 Å². The van der Waals surface area contributed by atoms with Crippen LogP contribution in [0.25, 0.3) is 0 Å². The Hall–Kier alpha value is -7.70. The van der Waals surface area contributed by atoms with Gasteiger partial charge in [0.15, 0.2) is 23.0 Å². The predicted molar refractivity (Wildman–Crippen MR) is 274 cm³/mol. The van der Waals surface area contributed by atoms with Gasteiger partial charge in [-0.25, -0.2) is 4.79 Å². The number of methoxy groups -OCH3 is 2. The van der Waals surface area contributed by atoms with E-state index >= 15 is 0 Å². The van der Waals surface area contributed by atoms with E-state index in [1.807, 2.05) is 66.6 Å². The Labute approximate surface area is 423 Å². The van der Waals surface area contributed by atoms with Gasteiger partial charge in [-0.15, -0.1) is 5.06 Å². The van der Waals surface area contributed by atoms with Crippen molar-refractivity contribution in [1.82, 2.24) is 20.6 Å². The minimum absolute atomic E-state index is 0.00156. The van der Waals surface area contributed by atoms with Gasteiger partial charge in [0.05, 0.1) is 55.2 Å². The summed E-state index contributed by atoms with van der Waals surface area (Å²) < 4.78 is 24.7. The highest BCUT2D eigenvalue weighted by molar-refractivity contribution is 6.15. The number of ether oxygens (including phenoxy) is 4. The molecule has 0 aromatic heterocycles. The van der Waals surface area contributed by atoms with Crippen molar-refractivity contribution in [1.29, 1.82) is 0 Å². The van der Waals surface area contributed by atoms with Gasteiger partial charge in [0.1, 0.15) is 13.2 Å². The van der Waals surface area contributed by atoms with Crippen LogP contribution in [0.5, 0.6) is 23.0 Å². The van der Waals surface area contributed by atoms with Crippen molar-refractivity contribution in [2.24, 2.45) is 4.99 Å². The van der Waals surface area contributed by atoms with E-state index in [1.54, 1.807) is 37.3 Å². The molecule has 18 heteroatoms. The molecule has 0 bridgehead atoms. The lowest BCUT2D eigenvalue weighted by Crippen LogP contribution is -2.42. The first-order valence-electron chi connectivity index (χ1n) is 25.0. The monoisotopic (exact) mass is 992 g/mol. The molecule has 0 unspecified atom stereocenters. The largest absolute Gasteiger partial charge is 0.493 e. The molecule has 18 nitrogen and oxygen atoms in total. The number of amides is 4. The lowest BCUT2D eigenvalue weighted by atomic mass is 10.0. The molecule has 380 valence electrons. The molecule has 73 heavy (non-hydrogen) atoms. The SMILES string of the molecule is COc1cc2c(cc1OCc1cc(COc3cc4c(cc3OC)C(=O)N3C5=C(CCC=C5)C[C@H]3CN4)cc(N[C@@H](C)CN[C@@H](C)CNCCC(=O)ON3C(=O)CCC3=O)c1)N=C[C@@H]1Cc3ccccc3N1C2=O. The average molecular weight is 993 g/mol. The van der Waals surface area contributed by atoms with Crippen LogP contribution in [0.15, 0.2) is 95.1 Å². The zero-order chi connectivity index (χ0) is 50.8. The Balaban J connectivity index is 0.833. The van der Waals surface area contributed by atoms with Crippen LogP contribution in [0.2, 0.25) is 0 Å². The summed E-state index contributed by atoms with van der Waals surface area (Å²) in [7, 11) is 3.12. The topological polar surface area (TPSA) is 202 Å². The van der Waals surface area contributed by atoms with Crippen molar-refractivity contribution in [2.75, 3.05) is 55.9 Å². The highest BCUT2D eigenvalue weighted by Crippen LogP contribution is 2.43. The van der Waals surface area contributed by atoms with E-state index in [9.17, 15) is 24.0 Å². The summed E-state index contributed by atoms with van der Waals surface area (Å²) >= 11 is 0. The minimum atomic E-state index is -0.651. The van der Waals surface area contributed by atoms with E-state index in [-0.39, 0.29) is 68.5 Å². The standard InChI is InChI=1S/C55H60N8O10/c1-32(26-56-16-15-53(66)73-63-51(64)13-14-52(63)65)57-27-33(2)60-38-18-34(30-71-49-24-43-41(22-47(49)69-3)54(67)61-39(28-58-43)20-36-9-5-7-11-45(36)61)17-35(19-38)31-72-50-25-44-42(23-48(50)70-4)55(68)62-40(29-59-44)21-37-10-6-8-12-46(37)62/h5,7-9,11-12,17-19,22-25,28,32-33,39-40,56-57,59-60H,6,10,13-16,20-21,26-27,29-31H2,1-4H3/t32-,33-,39-,40-/m0/s1. The summed E-state index contributed by atoms with van der Waals surface area (Å²) in [5.74, 6) is -0.114. The van der Waals surface area contributed by atoms with Crippen molar-refractivity contribution in [3.63, 3.8) is 0 Å². The maximum Gasteiger partial charge on any atom is 0.334 e. The highest BCUT2D eigenvalue weighted by Gasteiger charge is 2.40. The van der Waals surface area contributed by atoms with Crippen LogP contribution in [0.4, 0.5) is 22.7 Å². The number of anilines is 3. The van der Waals surface area contributed by atoms with Crippen LogP contribution >= 0.6 is 0 Å². The van der Waals surface area contributed by atoms with Gasteiger partial charge < -0.3 is 50.0 Å². The Morgan fingerprint density at radius 2 is 1.51 bits per heavy atom. The second-order valence-electron chi connectivity index (χ2n) is 19.2. The molecule has 10 rings (SSSR count). The molecule has 6 aliphatic rings. The summed E-state index contributed by atoms with van der Waals surface area (Å²) in [4.78, 5) is 77.5. The molecule has 0 spiro atoms. The van der Waals surface area contributed by atoms with Gasteiger partial charge in [0.25, 0.3) is 23.6 Å². The Kier molecular flexibility index (Phi) is 14.2. The van der Waals surface area contributed by atoms with Crippen LogP contribution in [0.1, 0.15) is 89.8 Å². The summed E-state index contributed by atoms with van der Waals surface area (Å²) in [6.45, 7) is 6.47. The lowest BCUT2D eigenvalue weighted by molar-refractivity contribution is -0.197. The molecule has 0 radical (unpaired) electrons. The van der Waals surface area contributed by atoms with Crippen molar-refractivity contribution < 1.29 is 47.8 Å². The number of allylic oxidation sites excluding steroid dienone is 2. The fraction of sp³-hybridized carbons (Fsp3) is 0.382. The number of rotatable bonds is 19. The third kappa shape index (κ3) is 10.3. The van der Waals surface area contributed by atoms with Crippen molar-refractivity contribution in [3.8, 4) is 23.0 Å². The second-order valence-corrected chi connectivity index (χ2v) is 19.2. The molecule has 1 aliphatic carbocycles. The van der Waals surface area contributed by atoms with Crippen molar-refractivity contribution in [3.05, 3.63) is 118 Å². The number of carbonyl (C=O) groups excluding carboxylic acids is 5. The summed E-state index contributed by atoms with van der Waals surface area (Å²) in [6, 6.07) is 20.9. The molecule has 5 heterocycles. The Bertz CT molecular complexity index is 2940. The van der Waals surface area contributed by atoms with Gasteiger partial charge in [-0.05, 0) is 97.8 Å². The minimum Gasteiger partial charge on any atom is -0.493 e. The maximum absolute atomic E-state index is 14.1. The van der Waals surface area contributed by atoms with E-state index in [1.165, 1.54) is 5.57 Å². The molecule has 4 atom stereocenters. The van der Waals surface area contributed by atoms with Gasteiger partial charge in [0.2, 0.25) is 0 Å². The molecule has 4 aromatic carbocycles. The van der Waals surface area contributed by atoms with Gasteiger partial charge in [0, 0.05) is 92.9 Å². The molecule has 4 N–H and O–H groups in total. The van der Waals surface area contributed by atoms with E-state index in [4.69, 9.17) is 28.8 Å². The number of benzene rings is 4. The fourth-order valence-electron chi connectivity index (χ4n) is 10.3. The summed E-state index contributed by atoms with van der Waals surface area (Å²) in [5, 5.41) is 14.5. The number of imide groups is 1. The Morgan fingerprint density at radius 1 is 0.795 bits per heavy atom. The molecule has 4 amide bonds. The first-order chi connectivity index (χ1) is 35.4. The zero-order valence-electron chi connectivity index (χ0n) is 41.5. The number of carbonyl (C=O) groups is 5. The smallest absolute Gasteiger partial charge is 0.334 e. The number of nitrogens with one attached hydrogen (secondary N) is 4. The van der Waals surface area contributed by atoms with E-state index in [0.717, 1.165) is 53.0 Å². The highest BCUT2D eigenvalue weighted by atomic mass is 16.7. The van der Waals surface area contributed by atoms with Crippen molar-refractivity contribution in [2.45, 2.75) is 96.2 Å². The second kappa shape index (κ2) is 21.2. The fourth-order valence-corrected chi connectivity index (χ4v) is 10.3. The number of hydroxylamine groups is 2. The lowest BCUT2D eigenvalue weighted by Gasteiger charge is -2.24. The maximum atomic E-state index is 14.1. The van der Waals surface area contributed by atoms with E-state index < -0.39 is 17.8 Å². The quantitative estimate of drug-likeness (QED) is 0.0567. The van der Waals surface area contributed by atoms with Gasteiger partial charge in [-0.3, -0.25) is 29.1 Å². The number of aliphatic imine (C=N–C) groups is 1. The number of hydrogen-bond acceptors (Lipinski definition) is 15. The van der Waals surface area contributed by atoms with Crippen molar-refractivity contribution >= 4 is 58.6 Å². The zero-order valence-corrected chi connectivity index (χ0v) is 41.5. The number of hydrogen-bond donors (Lipinski definition) is 4. The van der Waals surface area contributed by atoms with Gasteiger partial charge in [-0.1, -0.05) is 24.3 Å². The predicted octanol–water partition coefficient (Wildman–Crippen LogP) is 6.76. The third-order valence-electron chi connectivity index (χ3n) is 13.9. The molecule has 5 aliphatic heterocycles. The van der Waals surface area contributed by atoms with Gasteiger partial charge >= 0.3 is 5.97 Å². The number of fused-ring (bicyclic) bond motifs is 7. The molecule has 0 saturated carbocycles. The van der Waals surface area contributed by atoms with Crippen LogP contribution in [0, 0.1) is 0 Å². The van der Waals surface area contributed by atoms with Crippen LogP contribution in [0.3, 0.4) is 0 Å². The molecule has 1 saturated heterocycles. The molecule has 1 fully saturated rings. The van der Waals surface area contributed by atoms with E-state index in [0.29, 0.717) is 83.2 Å². The van der Waals surface area contributed by atoms with Crippen LogP contribution in [-0.2, 0) is 38.9 Å². The summed E-state index contributed by atoms with van der Waals surface area (Å²) in [6.07, 6.45) is 9.64. The van der Waals surface area contributed by atoms with Crippen LogP contribution in [-0.4, -0.2) is 110 Å². The molecule has 4 aromatic rings. The number of para-hydroxylation sites is 1. The molecular formula is C55H60N8O10. The normalized spacial score (nSPS) is 19.2. The first kappa shape index (κ1) is 48.9. The average Bonchev–Trinajstić information content (AvgIpc) is 4.01. The molecular weight excluding hydrogens is 933 g/mol. The first-order valence-corrected chi connectivity index (χ1v) is 25.0. The van der Waals surface area contributed by atoms with Gasteiger partial charge in [-0.2, -0.15) is 0 Å². The Morgan fingerprint density at radius 3 is 2.26 bits per heavy atom. The van der Waals surface area contributed by atoms with E-state index in [2.05, 4.69) is 40.3 Å². The number of nitrogens with zero attached hydrogens (tertiary/aromatic N) is 4. The third-order valence-corrected chi connectivity index (χ3v) is 13.9.